The third-order valence-corrected chi connectivity index (χ3v) is 6.73. The van der Waals surface area contributed by atoms with Gasteiger partial charge < -0.3 is 9.47 Å². The molecule has 4 aromatic rings. The molecule has 0 saturated heterocycles. The number of fused-ring (bicyclic) bond motifs is 1. The zero-order valence-electron chi connectivity index (χ0n) is 22.1. The van der Waals surface area contributed by atoms with E-state index in [-0.39, 0.29) is 5.82 Å². The van der Waals surface area contributed by atoms with Gasteiger partial charge in [0.1, 0.15) is 11.6 Å². The highest BCUT2D eigenvalue weighted by molar-refractivity contribution is 5.84. The number of unbranched alkanes of at least 4 members (excludes halogenated alkanes) is 3. The van der Waals surface area contributed by atoms with Gasteiger partial charge in [0.05, 0.1) is 12.8 Å². The summed E-state index contributed by atoms with van der Waals surface area (Å²) in [6.07, 6.45) is 8.69. The molecule has 1 heterocycles. The van der Waals surface area contributed by atoms with E-state index in [9.17, 15) is 13.2 Å². The number of benzene rings is 3. The fourth-order valence-corrected chi connectivity index (χ4v) is 4.54. The zero-order chi connectivity index (χ0) is 27.6. The van der Waals surface area contributed by atoms with Crippen molar-refractivity contribution < 1.29 is 27.0 Å². The van der Waals surface area contributed by atoms with E-state index in [4.69, 9.17) is 4.74 Å². The van der Waals surface area contributed by atoms with Crippen LogP contribution in [0.1, 0.15) is 55.0 Å². The Labute approximate surface area is 226 Å². The Hall–Kier alpha value is -3.61. The quantitative estimate of drug-likeness (QED) is 0.119. The van der Waals surface area contributed by atoms with Gasteiger partial charge in [-0.25, -0.2) is 8.78 Å². The Morgan fingerprint density at radius 2 is 1.59 bits per heavy atom. The van der Waals surface area contributed by atoms with Crippen LogP contribution in [-0.4, -0.2) is 18.2 Å². The van der Waals surface area contributed by atoms with Gasteiger partial charge >= 0.3 is 6.61 Å². The van der Waals surface area contributed by atoms with E-state index in [1.54, 1.807) is 18.3 Å². The summed E-state index contributed by atoms with van der Waals surface area (Å²) >= 11 is 0. The molecule has 4 rings (SSSR count). The number of ether oxygens (including phenoxy) is 2. The number of hydrogen-bond donors (Lipinski definition) is 0. The van der Waals surface area contributed by atoms with Crippen LogP contribution in [0.15, 0.2) is 66.9 Å². The third kappa shape index (κ3) is 8.19. The first-order chi connectivity index (χ1) is 18.9. The molecule has 1 aromatic heterocycles. The maximum absolute atomic E-state index is 15.2. The first kappa shape index (κ1) is 28.4. The van der Waals surface area contributed by atoms with Crippen molar-refractivity contribution >= 4 is 10.8 Å². The topological polar surface area (TPSA) is 31.4 Å². The molecule has 0 radical (unpaired) electrons. The molecule has 0 bridgehead atoms. The van der Waals surface area contributed by atoms with Gasteiger partial charge in [-0.3, -0.25) is 4.98 Å². The average Bonchev–Trinajstić information content (AvgIpc) is 2.93. The van der Waals surface area contributed by atoms with Crippen LogP contribution in [0, 0.1) is 11.6 Å². The van der Waals surface area contributed by atoms with Crippen LogP contribution in [0.25, 0.3) is 10.8 Å². The molecule has 3 aromatic carbocycles. The van der Waals surface area contributed by atoms with Crippen molar-refractivity contribution in [3.63, 3.8) is 0 Å². The number of rotatable bonds is 14. The molecule has 0 saturated carbocycles. The largest absolute Gasteiger partial charge is 0.492 e. The molecule has 0 unspecified atom stereocenters. The second kappa shape index (κ2) is 14.0. The van der Waals surface area contributed by atoms with Gasteiger partial charge in [-0.05, 0) is 78.4 Å². The Morgan fingerprint density at radius 1 is 0.795 bits per heavy atom. The predicted molar refractivity (Wildman–Crippen MR) is 146 cm³/mol. The van der Waals surface area contributed by atoms with Crippen LogP contribution >= 0.6 is 0 Å². The van der Waals surface area contributed by atoms with Crippen molar-refractivity contribution in [3.8, 4) is 11.5 Å². The highest BCUT2D eigenvalue weighted by Gasteiger charge is 2.12. The maximum atomic E-state index is 15.2. The lowest BCUT2D eigenvalue weighted by atomic mass is 9.98. The fourth-order valence-electron chi connectivity index (χ4n) is 4.54. The molecular weight excluding hydrogens is 506 g/mol. The van der Waals surface area contributed by atoms with Gasteiger partial charge in [0, 0.05) is 11.1 Å². The highest BCUT2D eigenvalue weighted by Crippen LogP contribution is 2.26. The number of hydrogen-bond acceptors (Lipinski definition) is 3. The Bertz CT molecular complexity index is 1360. The van der Waals surface area contributed by atoms with Gasteiger partial charge in [0.25, 0.3) is 0 Å². The van der Waals surface area contributed by atoms with E-state index < -0.39 is 18.2 Å². The van der Waals surface area contributed by atoms with E-state index in [0.717, 1.165) is 47.7 Å². The summed E-state index contributed by atoms with van der Waals surface area (Å²) in [7, 11) is 0. The summed E-state index contributed by atoms with van der Waals surface area (Å²) in [6, 6.07) is 17.1. The fraction of sp³-hybridized carbons (Fsp3) is 0.344. The molecule has 0 N–H and O–H groups in total. The lowest BCUT2D eigenvalue weighted by molar-refractivity contribution is -0.0522. The minimum Gasteiger partial charge on any atom is -0.492 e. The van der Waals surface area contributed by atoms with Crippen LogP contribution in [0.5, 0.6) is 11.5 Å². The third-order valence-electron chi connectivity index (χ3n) is 6.73. The number of pyridine rings is 1. The smallest absolute Gasteiger partial charge is 0.387 e. The van der Waals surface area contributed by atoms with E-state index in [2.05, 4.69) is 16.6 Å². The molecule has 39 heavy (non-hydrogen) atoms. The molecule has 7 heteroatoms. The minimum absolute atomic E-state index is 0.302. The second-order valence-corrected chi connectivity index (χ2v) is 9.63. The summed E-state index contributed by atoms with van der Waals surface area (Å²) in [4.78, 5) is 4.52. The van der Waals surface area contributed by atoms with Crippen LogP contribution in [0.3, 0.4) is 0 Å². The van der Waals surface area contributed by atoms with Gasteiger partial charge in [-0.1, -0.05) is 62.6 Å². The zero-order valence-corrected chi connectivity index (χ0v) is 22.1. The van der Waals surface area contributed by atoms with Crippen LogP contribution in [0.2, 0.25) is 0 Å². The van der Waals surface area contributed by atoms with Crippen molar-refractivity contribution in [1.82, 2.24) is 4.98 Å². The standard InChI is InChI=1S/C32H33F4NO2/c1-2-3-4-5-18-38-27-15-14-26(37-21-27)13-7-22-8-16-28-25(19-22)12-11-24(31(28)34)10-6-23-9-17-30(29(33)20-23)39-32(35)36/h8-9,11-12,14-17,19-21,32H,2-7,10,13,18H2,1H3. The number of aromatic nitrogens is 1. The van der Waals surface area contributed by atoms with Crippen LogP contribution in [0.4, 0.5) is 17.6 Å². The minimum atomic E-state index is -3.09. The number of alkyl halides is 2. The summed E-state index contributed by atoms with van der Waals surface area (Å²) in [5.74, 6) is -0.882. The van der Waals surface area contributed by atoms with Gasteiger partial charge in [-0.2, -0.15) is 8.78 Å². The van der Waals surface area contributed by atoms with Crippen molar-refractivity contribution in [2.75, 3.05) is 6.61 Å². The van der Waals surface area contributed by atoms with Crippen molar-refractivity contribution in [1.29, 1.82) is 0 Å². The number of halogens is 4. The van der Waals surface area contributed by atoms with E-state index >= 15 is 4.39 Å². The molecule has 0 fully saturated rings. The lowest BCUT2D eigenvalue weighted by Gasteiger charge is -2.10. The Kier molecular flexibility index (Phi) is 10.2. The predicted octanol–water partition coefficient (Wildman–Crippen LogP) is 8.64. The van der Waals surface area contributed by atoms with E-state index in [0.29, 0.717) is 36.0 Å². The first-order valence-electron chi connectivity index (χ1n) is 13.4. The monoisotopic (exact) mass is 539 g/mol. The van der Waals surface area contributed by atoms with Crippen LogP contribution < -0.4 is 9.47 Å². The summed E-state index contributed by atoms with van der Waals surface area (Å²) in [5, 5.41) is 1.34. The molecule has 0 atom stereocenters. The van der Waals surface area contributed by atoms with Crippen molar-refractivity contribution in [3.05, 3.63) is 101 Å². The van der Waals surface area contributed by atoms with Gasteiger partial charge in [0.15, 0.2) is 11.6 Å². The number of nitrogens with zero attached hydrogens (tertiary/aromatic N) is 1. The Balaban J connectivity index is 1.32. The number of aryl methyl sites for hydroxylation is 4. The average molecular weight is 540 g/mol. The van der Waals surface area contributed by atoms with Crippen molar-refractivity contribution in [2.45, 2.75) is 64.9 Å². The molecule has 0 spiro atoms. The van der Waals surface area contributed by atoms with E-state index in [1.165, 1.54) is 31.4 Å². The molecule has 0 amide bonds. The van der Waals surface area contributed by atoms with E-state index in [1.807, 2.05) is 30.3 Å². The van der Waals surface area contributed by atoms with Crippen LogP contribution in [-0.2, 0) is 25.7 Å². The summed E-state index contributed by atoms with van der Waals surface area (Å²) in [6.45, 7) is -0.196. The lowest BCUT2D eigenvalue weighted by Crippen LogP contribution is -2.04. The first-order valence-corrected chi connectivity index (χ1v) is 13.4. The van der Waals surface area contributed by atoms with Gasteiger partial charge in [-0.15, -0.1) is 0 Å². The molecule has 3 nitrogen and oxygen atoms in total. The molecule has 0 aliphatic heterocycles. The molecular formula is C32H33F4NO2. The summed E-state index contributed by atoms with van der Waals surface area (Å²) in [5.41, 5.74) is 3.15. The van der Waals surface area contributed by atoms with Gasteiger partial charge in [0.2, 0.25) is 0 Å². The molecule has 206 valence electrons. The SMILES string of the molecule is CCCCCCOc1ccc(CCc2ccc3c(F)c(CCc4ccc(OC(F)F)c(F)c4)ccc3c2)nc1. The summed E-state index contributed by atoms with van der Waals surface area (Å²) < 4.78 is 63.8. The highest BCUT2D eigenvalue weighted by atomic mass is 19.3. The Morgan fingerprint density at radius 3 is 2.33 bits per heavy atom. The second-order valence-electron chi connectivity index (χ2n) is 9.63. The van der Waals surface area contributed by atoms with Crippen molar-refractivity contribution in [2.24, 2.45) is 0 Å². The normalized spacial score (nSPS) is 11.3. The maximum Gasteiger partial charge on any atom is 0.387 e. The molecule has 0 aliphatic carbocycles. The molecule has 0 aliphatic rings.